The van der Waals surface area contributed by atoms with Crippen LogP contribution >= 0.6 is 0 Å². The summed E-state index contributed by atoms with van der Waals surface area (Å²) in [5.41, 5.74) is 0.163. The van der Waals surface area contributed by atoms with E-state index in [9.17, 15) is 5.11 Å². The van der Waals surface area contributed by atoms with Crippen molar-refractivity contribution in [2.24, 2.45) is 11.3 Å². The molecule has 0 saturated carbocycles. The molecule has 0 aliphatic carbocycles. The van der Waals surface area contributed by atoms with Crippen LogP contribution < -0.4 is 0 Å². The lowest BCUT2D eigenvalue weighted by molar-refractivity contribution is 0.106. The van der Waals surface area contributed by atoms with Crippen molar-refractivity contribution < 1.29 is 5.11 Å². The van der Waals surface area contributed by atoms with Gasteiger partial charge in [-0.05, 0) is 24.2 Å². The van der Waals surface area contributed by atoms with Gasteiger partial charge in [0, 0.05) is 6.61 Å². The summed E-state index contributed by atoms with van der Waals surface area (Å²) in [4.78, 5) is 0. The van der Waals surface area contributed by atoms with E-state index in [0.29, 0.717) is 6.61 Å². The van der Waals surface area contributed by atoms with Gasteiger partial charge < -0.3 is 5.11 Å². The summed E-state index contributed by atoms with van der Waals surface area (Å²) in [5, 5.41) is 9.23. The Morgan fingerprint density at radius 3 is 1.92 bits per heavy atom. The molecule has 1 atom stereocenters. The third kappa shape index (κ3) is 3.57. The Balaban J connectivity index is 3.99. The van der Waals surface area contributed by atoms with Crippen molar-refractivity contribution in [2.75, 3.05) is 6.61 Å². The van der Waals surface area contributed by atoms with Crippen LogP contribution in [-0.2, 0) is 0 Å². The first-order chi connectivity index (χ1) is 5.61. The maximum Gasteiger partial charge on any atom is 0.0484 e. The molecule has 12 heavy (non-hydrogen) atoms. The highest BCUT2D eigenvalue weighted by Crippen LogP contribution is 2.31. The first kappa shape index (κ1) is 12.0. The van der Waals surface area contributed by atoms with Gasteiger partial charge in [-0.25, -0.2) is 0 Å². The Kier molecular flexibility index (Phi) is 5.56. The van der Waals surface area contributed by atoms with Crippen LogP contribution in [0.5, 0.6) is 0 Å². The molecular weight excluding hydrogens is 148 g/mol. The summed E-state index contributed by atoms with van der Waals surface area (Å²) in [5.74, 6) is 0.794. The number of aliphatic hydroxyl groups is 1. The van der Waals surface area contributed by atoms with Crippen molar-refractivity contribution in [3.63, 3.8) is 0 Å². The number of aliphatic hydroxyl groups excluding tert-OH is 1. The highest BCUT2D eigenvalue weighted by molar-refractivity contribution is 4.74. The van der Waals surface area contributed by atoms with Gasteiger partial charge in [-0.2, -0.15) is 0 Å². The Bertz CT molecular complexity index is 102. The van der Waals surface area contributed by atoms with Gasteiger partial charge in [0.1, 0.15) is 0 Å². The van der Waals surface area contributed by atoms with Crippen LogP contribution in [0.3, 0.4) is 0 Å². The number of hydrogen-bond donors (Lipinski definition) is 1. The molecule has 0 amide bonds. The maximum atomic E-state index is 9.23. The topological polar surface area (TPSA) is 20.2 Å². The van der Waals surface area contributed by atoms with Crippen LogP contribution in [0.15, 0.2) is 0 Å². The molecule has 0 aromatic heterocycles. The van der Waals surface area contributed by atoms with Gasteiger partial charge in [-0.15, -0.1) is 0 Å². The van der Waals surface area contributed by atoms with Crippen LogP contribution in [0.4, 0.5) is 0 Å². The zero-order valence-corrected chi connectivity index (χ0v) is 9.06. The van der Waals surface area contributed by atoms with Crippen molar-refractivity contribution in [1.82, 2.24) is 0 Å². The van der Waals surface area contributed by atoms with E-state index < -0.39 is 0 Å². The minimum atomic E-state index is 0.163. The third-order valence-electron chi connectivity index (χ3n) is 3.17. The van der Waals surface area contributed by atoms with Crippen LogP contribution in [0.2, 0.25) is 0 Å². The average Bonchev–Trinajstić information content (AvgIpc) is 2.14. The van der Waals surface area contributed by atoms with Crippen molar-refractivity contribution in [2.45, 2.75) is 53.4 Å². The molecule has 1 N–H and O–H groups in total. The molecule has 1 heteroatoms. The predicted octanol–water partition coefficient (Wildman–Crippen LogP) is 3.22. The minimum absolute atomic E-state index is 0.163. The lowest BCUT2D eigenvalue weighted by Gasteiger charge is -2.29. The second-order valence-electron chi connectivity index (χ2n) is 4.21. The third-order valence-corrected chi connectivity index (χ3v) is 3.17. The number of hydrogen-bond acceptors (Lipinski definition) is 1. The van der Waals surface area contributed by atoms with E-state index in [1.807, 2.05) is 0 Å². The minimum Gasteiger partial charge on any atom is -0.396 e. The van der Waals surface area contributed by atoms with Gasteiger partial charge in [-0.3, -0.25) is 0 Å². The van der Waals surface area contributed by atoms with Gasteiger partial charge in [-0.1, -0.05) is 40.5 Å². The van der Waals surface area contributed by atoms with E-state index in [0.717, 1.165) is 12.3 Å². The Morgan fingerprint density at radius 2 is 1.67 bits per heavy atom. The van der Waals surface area contributed by atoms with E-state index in [1.165, 1.54) is 19.3 Å². The Hall–Kier alpha value is -0.0400. The molecule has 0 fully saturated rings. The molecule has 0 spiro atoms. The van der Waals surface area contributed by atoms with Crippen LogP contribution in [0.1, 0.15) is 53.4 Å². The Morgan fingerprint density at radius 1 is 1.17 bits per heavy atom. The lowest BCUT2D eigenvalue weighted by Crippen LogP contribution is -2.23. The molecular formula is C11H24O. The summed E-state index contributed by atoms with van der Waals surface area (Å²) >= 11 is 0. The molecule has 1 unspecified atom stereocenters. The molecule has 0 heterocycles. The van der Waals surface area contributed by atoms with Crippen molar-refractivity contribution in [3.8, 4) is 0 Å². The van der Waals surface area contributed by atoms with E-state index in [1.54, 1.807) is 0 Å². The summed E-state index contributed by atoms with van der Waals surface area (Å²) in [6.07, 6.45) is 4.74. The molecule has 74 valence electrons. The van der Waals surface area contributed by atoms with E-state index in [4.69, 9.17) is 0 Å². The van der Waals surface area contributed by atoms with Gasteiger partial charge in [0.15, 0.2) is 0 Å². The molecule has 0 aliphatic rings. The van der Waals surface area contributed by atoms with Crippen LogP contribution in [-0.4, -0.2) is 11.7 Å². The van der Waals surface area contributed by atoms with E-state index >= 15 is 0 Å². The van der Waals surface area contributed by atoms with Crippen molar-refractivity contribution in [3.05, 3.63) is 0 Å². The largest absolute Gasteiger partial charge is 0.396 e. The van der Waals surface area contributed by atoms with E-state index in [2.05, 4.69) is 27.7 Å². The van der Waals surface area contributed by atoms with Gasteiger partial charge in [0.25, 0.3) is 0 Å². The molecule has 1 nitrogen and oxygen atoms in total. The summed E-state index contributed by atoms with van der Waals surface area (Å²) in [6, 6.07) is 0. The van der Waals surface area contributed by atoms with Gasteiger partial charge in [0.2, 0.25) is 0 Å². The summed E-state index contributed by atoms with van der Waals surface area (Å²) < 4.78 is 0. The lowest BCUT2D eigenvalue weighted by atomic mass is 9.78. The fourth-order valence-corrected chi connectivity index (χ4v) is 1.59. The van der Waals surface area contributed by atoms with Crippen molar-refractivity contribution in [1.29, 1.82) is 0 Å². The normalized spacial score (nSPS) is 16.5. The smallest absolute Gasteiger partial charge is 0.0484 e. The molecule has 0 aliphatic heterocycles. The molecule has 0 bridgehead atoms. The van der Waals surface area contributed by atoms with Gasteiger partial charge in [0.05, 0.1) is 0 Å². The highest BCUT2D eigenvalue weighted by Gasteiger charge is 2.23. The van der Waals surface area contributed by atoms with E-state index in [-0.39, 0.29) is 5.41 Å². The van der Waals surface area contributed by atoms with Crippen molar-refractivity contribution >= 4 is 0 Å². The fraction of sp³-hybridized carbons (Fsp3) is 1.00. The molecule has 0 radical (unpaired) electrons. The zero-order valence-electron chi connectivity index (χ0n) is 9.06. The zero-order chi connectivity index (χ0) is 9.61. The second-order valence-corrected chi connectivity index (χ2v) is 4.21. The second kappa shape index (κ2) is 5.58. The highest BCUT2D eigenvalue weighted by atomic mass is 16.3. The molecule has 0 saturated heterocycles. The molecule has 0 rings (SSSR count). The maximum absolute atomic E-state index is 9.23. The fourth-order valence-electron chi connectivity index (χ4n) is 1.59. The quantitative estimate of drug-likeness (QED) is 0.652. The molecule has 0 aromatic rings. The Labute approximate surface area is 77.2 Å². The van der Waals surface area contributed by atoms with Crippen LogP contribution in [0, 0.1) is 11.3 Å². The van der Waals surface area contributed by atoms with Gasteiger partial charge >= 0.3 is 0 Å². The first-order valence-corrected chi connectivity index (χ1v) is 5.22. The summed E-state index contributed by atoms with van der Waals surface area (Å²) in [7, 11) is 0. The average molecular weight is 172 g/mol. The predicted molar refractivity (Wildman–Crippen MR) is 54.2 cm³/mol. The standard InChI is InChI=1S/C11H24O/c1-5-10(6-2)8-11(4,7-3)9-12/h10,12H,5-9H2,1-4H3. The number of rotatable bonds is 6. The molecule has 0 aromatic carbocycles. The SMILES string of the molecule is CCC(CC)CC(C)(CC)CO. The monoisotopic (exact) mass is 172 g/mol. The first-order valence-electron chi connectivity index (χ1n) is 5.22. The summed E-state index contributed by atoms with van der Waals surface area (Å²) in [6.45, 7) is 9.16. The van der Waals surface area contributed by atoms with Crippen LogP contribution in [0.25, 0.3) is 0 Å².